The van der Waals surface area contributed by atoms with Crippen LogP contribution in [-0.2, 0) is 11.5 Å². The van der Waals surface area contributed by atoms with Gasteiger partial charge in [-0.05, 0) is 22.0 Å². The zero-order valence-electron chi connectivity index (χ0n) is 13.2. The Hall–Kier alpha value is -1.43. The van der Waals surface area contributed by atoms with Gasteiger partial charge in [0.2, 0.25) is 10.6 Å². The molecule has 0 atom stereocenters. The maximum atomic E-state index is 9.30. The fourth-order valence-electron chi connectivity index (χ4n) is 2.00. The van der Waals surface area contributed by atoms with Gasteiger partial charge in [-0.15, -0.1) is 0 Å². The van der Waals surface area contributed by atoms with E-state index in [4.69, 9.17) is 9.47 Å². The first-order valence-corrected chi connectivity index (χ1v) is 11.4. The van der Waals surface area contributed by atoms with Gasteiger partial charge in [-0.25, -0.2) is 4.98 Å². The number of fused-ring (bicyclic) bond motifs is 1. The molecule has 0 N–H and O–H groups in total. The summed E-state index contributed by atoms with van der Waals surface area (Å²) in [5.41, 5.74) is 1.11. The molecule has 8 heteroatoms. The zero-order chi connectivity index (χ0) is 16.3. The van der Waals surface area contributed by atoms with E-state index in [0.717, 1.165) is 6.04 Å². The summed E-state index contributed by atoms with van der Waals surface area (Å²) in [6.45, 7) is 8.00. The van der Waals surface area contributed by atoms with Crippen LogP contribution >= 0.6 is 15.9 Å². The summed E-state index contributed by atoms with van der Waals surface area (Å²) in [4.78, 5) is 8.50. The number of nitrogens with zero attached hydrogens (tertiary/aromatic N) is 4. The molecule has 118 valence electrons. The number of methoxy groups -OCH3 is 1. The molecule has 0 aromatic carbocycles. The minimum atomic E-state index is -1.11. The van der Waals surface area contributed by atoms with Crippen molar-refractivity contribution in [2.75, 3.05) is 13.7 Å². The van der Waals surface area contributed by atoms with Crippen LogP contribution < -0.4 is 4.74 Å². The van der Waals surface area contributed by atoms with Gasteiger partial charge < -0.3 is 14.0 Å². The van der Waals surface area contributed by atoms with Crippen molar-refractivity contribution < 1.29 is 9.47 Å². The Labute approximate surface area is 139 Å². The molecule has 0 saturated heterocycles. The van der Waals surface area contributed by atoms with E-state index in [1.165, 1.54) is 7.11 Å². The van der Waals surface area contributed by atoms with Crippen LogP contribution in [0.5, 0.6) is 5.88 Å². The maximum Gasteiger partial charge on any atom is 0.228 e. The van der Waals surface area contributed by atoms with Gasteiger partial charge in [0.1, 0.15) is 12.8 Å². The predicted molar refractivity (Wildman–Crippen MR) is 90.6 cm³/mol. The molecule has 0 fully saturated rings. The van der Waals surface area contributed by atoms with Gasteiger partial charge in [0.25, 0.3) is 0 Å². The molecule has 0 aliphatic rings. The van der Waals surface area contributed by atoms with Gasteiger partial charge in [-0.3, -0.25) is 0 Å². The van der Waals surface area contributed by atoms with Gasteiger partial charge in [-0.1, -0.05) is 19.6 Å². The largest absolute Gasteiger partial charge is 0.480 e. The monoisotopic (exact) mass is 382 g/mol. The van der Waals surface area contributed by atoms with Crippen LogP contribution in [0.1, 0.15) is 5.56 Å². The highest BCUT2D eigenvalue weighted by molar-refractivity contribution is 9.10. The highest BCUT2D eigenvalue weighted by Gasteiger charge is 2.17. The van der Waals surface area contributed by atoms with Crippen molar-refractivity contribution in [2.24, 2.45) is 0 Å². The van der Waals surface area contributed by atoms with Crippen molar-refractivity contribution in [2.45, 2.75) is 32.4 Å². The van der Waals surface area contributed by atoms with Crippen molar-refractivity contribution in [3.8, 4) is 11.9 Å². The number of ether oxygens (including phenoxy) is 2. The molecule has 2 rings (SSSR count). The third-order valence-electron chi connectivity index (χ3n) is 3.20. The molecule has 2 aromatic heterocycles. The predicted octanol–water partition coefficient (Wildman–Crippen LogP) is 3.39. The van der Waals surface area contributed by atoms with E-state index < -0.39 is 8.07 Å². The van der Waals surface area contributed by atoms with Crippen LogP contribution in [0.25, 0.3) is 11.0 Å². The summed E-state index contributed by atoms with van der Waals surface area (Å²) in [5.74, 6) is 0.384. The molecule has 0 amide bonds. The Morgan fingerprint density at radius 3 is 2.68 bits per heavy atom. The first-order chi connectivity index (χ1) is 10.4. The zero-order valence-corrected chi connectivity index (χ0v) is 15.8. The lowest BCUT2D eigenvalue weighted by atomic mass is 10.2. The highest BCUT2D eigenvalue weighted by Crippen LogP contribution is 2.29. The standard InChI is InChI=1S/C14H19BrN4O2Si/c1-20-13-11-10(7-16)8-19(12(11)17-14(15)18-13)9-21-5-6-22(2,3)4/h8H,5-6,9H2,1-4H3. The van der Waals surface area contributed by atoms with Gasteiger partial charge in [-0.2, -0.15) is 10.2 Å². The Balaban J connectivity index is 2.27. The lowest BCUT2D eigenvalue weighted by Crippen LogP contribution is -2.22. The van der Waals surface area contributed by atoms with Gasteiger partial charge >= 0.3 is 0 Å². The summed E-state index contributed by atoms with van der Waals surface area (Å²) in [5, 5.41) is 9.91. The first-order valence-electron chi connectivity index (χ1n) is 6.94. The minimum Gasteiger partial charge on any atom is -0.480 e. The molecule has 22 heavy (non-hydrogen) atoms. The summed E-state index contributed by atoms with van der Waals surface area (Å²) in [6.07, 6.45) is 1.73. The third-order valence-corrected chi connectivity index (χ3v) is 5.26. The van der Waals surface area contributed by atoms with Crippen LogP contribution in [0.2, 0.25) is 25.7 Å². The Kier molecular flexibility index (Phi) is 5.21. The lowest BCUT2D eigenvalue weighted by Gasteiger charge is -2.15. The molecule has 2 aromatic rings. The molecule has 0 aliphatic heterocycles. The third kappa shape index (κ3) is 3.85. The van der Waals surface area contributed by atoms with Gasteiger partial charge in [0.05, 0.1) is 18.1 Å². The lowest BCUT2D eigenvalue weighted by molar-refractivity contribution is 0.0898. The van der Waals surface area contributed by atoms with Crippen molar-refractivity contribution >= 4 is 35.0 Å². The van der Waals surface area contributed by atoms with Crippen LogP contribution in [0.4, 0.5) is 0 Å². The molecular weight excluding hydrogens is 364 g/mol. The fraction of sp³-hybridized carbons (Fsp3) is 0.500. The molecular formula is C14H19BrN4O2Si. The number of rotatable bonds is 6. The molecule has 0 saturated carbocycles. The number of hydrogen-bond donors (Lipinski definition) is 0. The number of aromatic nitrogens is 3. The topological polar surface area (TPSA) is 73.0 Å². The van der Waals surface area contributed by atoms with E-state index in [-0.39, 0.29) is 0 Å². The van der Waals surface area contributed by atoms with E-state index in [2.05, 4.69) is 51.6 Å². The molecule has 0 bridgehead atoms. The Morgan fingerprint density at radius 1 is 1.36 bits per heavy atom. The van der Waals surface area contributed by atoms with E-state index in [1.54, 1.807) is 6.20 Å². The van der Waals surface area contributed by atoms with E-state index in [0.29, 0.717) is 40.5 Å². The molecule has 0 unspecified atom stereocenters. The number of hydrogen-bond acceptors (Lipinski definition) is 5. The van der Waals surface area contributed by atoms with Crippen molar-refractivity contribution in [3.63, 3.8) is 0 Å². The van der Waals surface area contributed by atoms with E-state index in [1.807, 2.05) is 4.57 Å². The summed E-state index contributed by atoms with van der Waals surface area (Å²) in [6, 6.07) is 3.25. The average Bonchev–Trinajstić information content (AvgIpc) is 2.79. The van der Waals surface area contributed by atoms with Crippen LogP contribution in [0.3, 0.4) is 0 Å². The van der Waals surface area contributed by atoms with Gasteiger partial charge in [0, 0.05) is 20.9 Å². The molecule has 0 aliphatic carbocycles. The average molecular weight is 383 g/mol. The van der Waals surface area contributed by atoms with E-state index >= 15 is 0 Å². The number of nitriles is 1. The van der Waals surface area contributed by atoms with Crippen LogP contribution in [-0.4, -0.2) is 36.3 Å². The molecule has 2 heterocycles. The van der Waals surface area contributed by atoms with Crippen LogP contribution in [0, 0.1) is 11.3 Å². The van der Waals surface area contributed by atoms with Crippen LogP contribution in [0.15, 0.2) is 10.9 Å². The summed E-state index contributed by atoms with van der Waals surface area (Å²) < 4.78 is 13.2. The highest BCUT2D eigenvalue weighted by atomic mass is 79.9. The van der Waals surface area contributed by atoms with Crippen molar-refractivity contribution in [3.05, 3.63) is 16.5 Å². The SMILES string of the molecule is COc1nc(Br)nc2c1c(C#N)cn2COCC[Si](C)(C)C. The van der Waals surface area contributed by atoms with Gasteiger partial charge in [0.15, 0.2) is 5.65 Å². The maximum absolute atomic E-state index is 9.30. The molecule has 6 nitrogen and oxygen atoms in total. The van der Waals surface area contributed by atoms with Crippen molar-refractivity contribution in [1.29, 1.82) is 5.26 Å². The second-order valence-corrected chi connectivity index (χ2v) is 12.5. The van der Waals surface area contributed by atoms with Crippen molar-refractivity contribution in [1.82, 2.24) is 14.5 Å². The normalized spacial score (nSPS) is 11.6. The summed E-state index contributed by atoms with van der Waals surface area (Å²) >= 11 is 3.26. The minimum absolute atomic E-state index is 0.356. The first kappa shape index (κ1) is 16.9. The Morgan fingerprint density at radius 2 is 2.09 bits per heavy atom. The quantitative estimate of drug-likeness (QED) is 0.434. The summed E-state index contributed by atoms with van der Waals surface area (Å²) in [7, 11) is 0.411. The van der Waals surface area contributed by atoms with E-state index in [9.17, 15) is 5.26 Å². The fourth-order valence-corrected chi connectivity index (χ4v) is 3.09. The second kappa shape index (κ2) is 6.77. The number of halogens is 1. The molecule has 0 radical (unpaired) electrons. The smallest absolute Gasteiger partial charge is 0.228 e. The molecule has 0 spiro atoms. The second-order valence-electron chi connectivity index (χ2n) is 6.17. The Bertz CT molecular complexity index is 718.